The number of halogens is 3. The molecule has 0 fully saturated rings. The summed E-state index contributed by atoms with van der Waals surface area (Å²) in [6.45, 7) is 0.254. The lowest BCUT2D eigenvalue weighted by Gasteiger charge is -2.08. The Hall–Kier alpha value is -2.17. The van der Waals surface area contributed by atoms with Crippen molar-refractivity contribution in [3.63, 3.8) is 0 Å². The number of benzene rings is 2. The molecule has 0 spiro atoms. The van der Waals surface area contributed by atoms with Gasteiger partial charge in [-0.2, -0.15) is 0 Å². The number of ether oxygens (including phenoxy) is 1. The summed E-state index contributed by atoms with van der Waals surface area (Å²) >= 11 is 0. The van der Waals surface area contributed by atoms with Gasteiger partial charge in [-0.25, -0.2) is 13.2 Å². The Morgan fingerprint density at radius 2 is 1.68 bits per heavy atom. The molecule has 1 N–H and O–H groups in total. The Balaban J connectivity index is 2.08. The summed E-state index contributed by atoms with van der Waals surface area (Å²) in [6.07, 6.45) is 0. The summed E-state index contributed by atoms with van der Waals surface area (Å²) in [5, 5.41) is 2.82. The molecule has 100 valence electrons. The molecule has 0 aromatic heterocycles. The van der Waals surface area contributed by atoms with Gasteiger partial charge in [0.15, 0.2) is 11.6 Å². The van der Waals surface area contributed by atoms with E-state index in [-0.39, 0.29) is 12.3 Å². The summed E-state index contributed by atoms with van der Waals surface area (Å²) in [6, 6.07) is 7.61. The van der Waals surface area contributed by atoms with E-state index in [9.17, 15) is 13.2 Å². The number of rotatable bonds is 4. The van der Waals surface area contributed by atoms with E-state index >= 15 is 0 Å². The van der Waals surface area contributed by atoms with Crippen molar-refractivity contribution in [3.8, 4) is 5.75 Å². The lowest BCUT2D eigenvalue weighted by atomic mass is 10.2. The first-order valence-corrected chi connectivity index (χ1v) is 5.61. The van der Waals surface area contributed by atoms with Crippen molar-refractivity contribution in [2.24, 2.45) is 0 Å². The van der Waals surface area contributed by atoms with Crippen LogP contribution in [0.5, 0.6) is 5.75 Å². The van der Waals surface area contributed by atoms with E-state index in [1.54, 1.807) is 6.07 Å². The molecule has 0 aliphatic heterocycles. The average molecular weight is 267 g/mol. The standard InChI is InChI=1S/C14H12F3NO/c1-19-14-3-2-9(4-13(14)17)8-18-12-6-10(15)5-11(16)7-12/h2-7,18H,8H2,1H3. The third-order valence-corrected chi connectivity index (χ3v) is 2.58. The minimum atomic E-state index is -0.664. The van der Waals surface area contributed by atoms with Crippen molar-refractivity contribution in [2.45, 2.75) is 6.54 Å². The van der Waals surface area contributed by atoms with Gasteiger partial charge in [0.2, 0.25) is 0 Å². The fraction of sp³-hybridized carbons (Fsp3) is 0.143. The topological polar surface area (TPSA) is 21.3 Å². The molecule has 0 saturated carbocycles. The monoisotopic (exact) mass is 267 g/mol. The Bertz CT molecular complexity index is 567. The highest BCUT2D eigenvalue weighted by Crippen LogP contribution is 2.19. The van der Waals surface area contributed by atoms with Crippen LogP contribution >= 0.6 is 0 Å². The van der Waals surface area contributed by atoms with E-state index in [1.165, 1.54) is 31.4 Å². The van der Waals surface area contributed by atoms with Gasteiger partial charge in [-0.3, -0.25) is 0 Å². The summed E-state index contributed by atoms with van der Waals surface area (Å²) < 4.78 is 44.2. The molecule has 5 heteroatoms. The summed E-state index contributed by atoms with van der Waals surface area (Å²) in [4.78, 5) is 0. The Labute approximate surface area is 108 Å². The van der Waals surface area contributed by atoms with E-state index in [1.807, 2.05) is 0 Å². The van der Waals surface area contributed by atoms with E-state index in [2.05, 4.69) is 5.32 Å². The van der Waals surface area contributed by atoms with Gasteiger partial charge in [0.1, 0.15) is 11.6 Å². The predicted octanol–water partition coefficient (Wildman–Crippen LogP) is 3.72. The normalized spacial score (nSPS) is 10.3. The predicted molar refractivity (Wildman–Crippen MR) is 66.6 cm³/mol. The van der Waals surface area contributed by atoms with Gasteiger partial charge in [-0.05, 0) is 29.8 Å². The molecule has 0 aliphatic carbocycles. The maximum atomic E-state index is 13.4. The van der Waals surface area contributed by atoms with Crippen LogP contribution in [-0.4, -0.2) is 7.11 Å². The maximum absolute atomic E-state index is 13.4. The fourth-order valence-corrected chi connectivity index (χ4v) is 1.68. The molecule has 0 saturated heterocycles. The van der Waals surface area contributed by atoms with E-state index in [0.29, 0.717) is 11.3 Å². The van der Waals surface area contributed by atoms with Gasteiger partial charge >= 0.3 is 0 Å². The van der Waals surface area contributed by atoms with Gasteiger partial charge in [0, 0.05) is 18.3 Å². The summed E-state index contributed by atoms with van der Waals surface area (Å²) in [7, 11) is 1.38. The first-order valence-electron chi connectivity index (χ1n) is 5.61. The first-order chi connectivity index (χ1) is 9.08. The molecule has 0 radical (unpaired) electrons. The molecule has 0 atom stereocenters. The molecule has 0 aliphatic rings. The van der Waals surface area contributed by atoms with Crippen molar-refractivity contribution in [1.29, 1.82) is 0 Å². The van der Waals surface area contributed by atoms with E-state index in [0.717, 1.165) is 6.07 Å². The van der Waals surface area contributed by atoms with Crippen molar-refractivity contribution in [2.75, 3.05) is 12.4 Å². The van der Waals surface area contributed by atoms with Gasteiger partial charge in [0.05, 0.1) is 7.11 Å². The Morgan fingerprint density at radius 3 is 2.26 bits per heavy atom. The van der Waals surface area contributed by atoms with E-state index < -0.39 is 17.5 Å². The SMILES string of the molecule is COc1ccc(CNc2cc(F)cc(F)c2)cc1F. The minimum absolute atomic E-state index is 0.153. The molecule has 0 heterocycles. The zero-order valence-electron chi connectivity index (χ0n) is 10.2. The van der Waals surface area contributed by atoms with Gasteiger partial charge in [0.25, 0.3) is 0 Å². The van der Waals surface area contributed by atoms with Crippen LogP contribution < -0.4 is 10.1 Å². The second-order valence-corrected chi connectivity index (χ2v) is 3.98. The zero-order valence-corrected chi connectivity index (χ0v) is 10.2. The van der Waals surface area contributed by atoms with Crippen LogP contribution in [0.15, 0.2) is 36.4 Å². The molecule has 0 bridgehead atoms. The Morgan fingerprint density at radius 1 is 1.00 bits per heavy atom. The van der Waals surface area contributed by atoms with Crippen molar-refractivity contribution in [3.05, 3.63) is 59.4 Å². The first kappa shape index (κ1) is 13.3. The third-order valence-electron chi connectivity index (χ3n) is 2.58. The Kier molecular flexibility index (Phi) is 3.94. The van der Waals surface area contributed by atoms with Gasteiger partial charge in [-0.1, -0.05) is 6.07 Å². The maximum Gasteiger partial charge on any atom is 0.165 e. The van der Waals surface area contributed by atoms with Crippen LogP contribution in [-0.2, 0) is 6.54 Å². The number of hydrogen-bond acceptors (Lipinski definition) is 2. The molecule has 2 rings (SSSR count). The highest BCUT2D eigenvalue weighted by atomic mass is 19.1. The van der Waals surface area contributed by atoms with Crippen molar-refractivity contribution >= 4 is 5.69 Å². The molecule has 2 nitrogen and oxygen atoms in total. The van der Waals surface area contributed by atoms with E-state index in [4.69, 9.17) is 4.74 Å². The van der Waals surface area contributed by atoms with Crippen LogP contribution in [0, 0.1) is 17.5 Å². The quantitative estimate of drug-likeness (QED) is 0.911. The average Bonchev–Trinajstić information content (AvgIpc) is 2.35. The molecule has 2 aromatic carbocycles. The van der Waals surface area contributed by atoms with Gasteiger partial charge < -0.3 is 10.1 Å². The highest BCUT2D eigenvalue weighted by Gasteiger charge is 2.04. The molecule has 0 unspecified atom stereocenters. The fourth-order valence-electron chi connectivity index (χ4n) is 1.68. The number of anilines is 1. The molecular weight excluding hydrogens is 255 g/mol. The minimum Gasteiger partial charge on any atom is -0.494 e. The van der Waals surface area contributed by atoms with Crippen LogP contribution in [0.25, 0.3) is 0 Å². The second kappa shape index (κ2) is 5.65. The van der Waals surface area contributed by atoms with Crippen molar-refractivity contribution in [1.82, 2.24) is 0 Å². The van der Waals surface area contributed by atoms with Crippen LogP contribution in [0.4, 0.5) is 18.9 Å². The molecular formula is C14H12F3NO. The van der Waals surface area contributed by atoms with Gasteiger partial charge in [-0.15, -0.1) is 0 Å². The highest BCUT2D eigenvalue weighted by molar-refractivity contribution is 5.44. The van der Waals surface area contributed by atoms with Crippen LogP contribution in [0.2, 0.25) is 0 Å². The van der Waals surface area contributed by atoms with Crippen LogP contribution in [0.1, 0.15) is 5.56 Å². The number of methoxy groups -OCH3 is 1. The third kappa shape index (κ3) is 3.40. The molecule has 2 aromatic rings. The zero-order chi connectivity index (χ0) is 13.8. The lowest BCUT2D eigenvalue weighted by Crippen LogP contribution is -2.01. The van der Waals surface area contributed by atoms with Crippen LogP contribution in [0.3, 0.4) is 0 Å². The summed E-state index contributed by atoms with van der Waals surface area (Å²) in [5.74, 6) is -1.65. The largest absolute Gasteiger partial charge is 0.494 e. The lowest BCUT2D eigenvalue weighted by molar-refractivity contribution is 0.386. The molecule has 0 amide bonds. The molecule has 19 heavy (non-hydrogen) atoms. The number of nitrogens with one attached hydrogen (secondary N) is 1. The number of hydrogen-bond donors (Lipinski definition) is 1. The smallest absolute Gasteiger partial charge is 0.165 e. The second-order valence-electron chi connectivity index (χ2n) is 3.98. The summed E-state index contributed by atoms with van der Waals surface area (Å²) in [5.41, 5.74) is 0.941. The van der Waals surface area contributed by atoms with Crippen molar-refractivity contribution < 1.29 is 17.9 Å².